The highest BCUT2D eigenvalue weighted by Crippen LogP contribution is 3.01. The number of nitrogens with zero attached hydrogens (tertiary/aromatic N) is 6. The number of anilines is 2. The summed E-state index contributed by atoms with van der Waals surface area (Å²) in [5, 5.41) is 2.81. The van der Waals surface area contributed by atoms with Crippen LogP contribution in [0, 0.1) is 0 Å². The summed E-state index contributed by atoms with van der Waals surface area (Å²) in [5.41, 5.74) is 10.3. The van der Waals surface area contributed by atoms with E-state index in [0.717, 1.165) is 0 Å². The fourth-order valence-electron chi connectivity index (χ4n) is 1.02. The van der Waals surface area contributed by atoms with Gasteiger partial charge in [-0.2, -0.15) is 19.6 Å². The van der Waals surface area contributed by atoms with Crippen LogP contribution in [0.25, 0.3) is 5.95 Å². The summed E-state index contributed by atoms with van der Waals surface area (Å²) >= 11 is 0. The second-order valence-electron chi connectivity index (χ2n) is 3.32. The molecule has 2 aromatic rings. The minimum absolute atomic E-state index is 0.0598. The lowest BCUT2D eigenvalue weighted by molar-refractivity contribution is 0.358. The summed E-state index contributed by atoms with van der Waals surface area (Å²) in [5.74, 6) is -1.38. The number of halogens is 5. The Hall–Kier alpha value is -2.25. The zero-order valence-corrected chi connectivity index (χ0v) is 9.53. The molecular weight excluding hydrogens is 299 g/mol. The highest BCUT2D eigenvalue weighted by atomic mass is 32.5. The van der Waals surface area contributed by atoms with Gasteiger partial charge in [0.05, 0.1) is 6.20 Å². The fourth-order valence-corrected chi connectivity index (χ4v) is 1.51. The molecule has 0 aliphatic rings. The third-order valence-electron chi connectivity index (χ3n) is 1.73. The molecule has 0 saturated heterocycles. The minimum atomic E-state index is -9.91. The van der Waals surface area contributed by atoms with Crippen molar-refractivity contribution in [3.05, 3.63) is 6.20 Å². The van der Waals surface area contributed by atoms with Crippen LogP contribution in [-0.4, -0.2) is 29.9 Å². The molecule has 19 heavy (non-hydrogen) atoms. The highest BCUT2D eigenvalue weighted by molar-refractivity contribution is 8.45. The second-order valence-corrected chi connectivity index (χ2v) is 5.68. The van der Waals surface area contributed by atoms with Crippen molar-refractivity contribution in [1.29, 1.82) is 0 Å². The van der Waals surface area contributed by atoms with Gasteiger partial charge in [0.1, 0.15) is 0 Å². The van der Waals surface area contributed by atoms with E-state index in [9.17, 15) is 19.4 Å². The molecule has 0 fully saturated rings. The maximum Gasteiger partial charge on any atom is 0.329 e. The van der Waals surface area contributed by atoms with Crippen molar-refractivity contribution in [3.63, 3.8) is 0 Å². The van der Waals surface area contributed by atoms with Gasteiger partial charge in [-0.1, -0.05) is 24.6 Å². The summed E-state index contributed by atoms with van der Waals surface area (Å²) < 4.78 is 62.3. The Labute approximate surface area is 101 Å². The van der Waals surface area contributed by atoms with Gasteiger partial charge in [-0.05, 0) is 0 Å². The van der Waals surface area contributed by atoms with Gasteiger partial charge in [-0.15, -0.1) is 5.10 Å². The smallest absolute Gasteiger partial charge is 0.329 e. The topological polar surface area (TPSA) is 121 Å². The predicted octanol–water partition coefficient (Wildman–Crippen LogP) is 1.27. The van der Waals surface area contributed by atoms with Crippen LogP contribution in [0.15, 0.2) is 11.2 Å². The van der Waals surface area contributed by atoms with Gasteiger partial charge in [-0.3, -0.25) is 0 Å². The minimum Gasteiger partial charge on any atom is -0.368 e. The molecule has 106 valence electrons. The lowest BCUT2D eigenvalue weighted by Gasteiger charge is -2.37. The Bertz CT molecular complexity index is 629. The van der Waals surface area contributed by atoms with Gasteiger partial charge in [-0.25, -0.2) is 0 Å². The average Bonchev–Trinajstić information content (AvgIpc) is 2.61. The first kappa shape index (κ1) is 13.2. The van der Waals surface area contributed by atoms with E-state index in [1.54, 1.807) is 0 Å². The Morgan fingerprint density at radius 1 is 0.947 bits per heavy atom. The monoisotopic (exact) mass is 304 g/mol. The SMILES string of the molecule is Nc1nc(N)nc(-n2cc(S(F)(F)(F)(F)F)nn2)n1. The van der Waals surface area contributed by atoms with E-state index in [0.29, 0.717) is 0 Å². The first-order valence-corrected chi connectivity index (χ1v) is 6.24. The standard InChI is InChI=1S/C5H5F5N8S/c6-19(7,8,9,10)2-1-18(17-16-2)5-14-3(11)13-4(12)15-5/h1H,(H4,11,12,13,14,15). The number of aromatic nitrogens is 6. The quantitative estimate of drug-likeness (QED) is 0.801. The van der Waals surface area contributed by atoms with E-state index >= 15 is 0 Å². The van der Waals surface area contributed by atoms with E-state index in [4.69, 9.17) is 11.5 Å². The molecule has 2 rings (SSSR count). The van der Waals surface area contributed by atoms with E-state index in [1.807, 2.05) is 0 Å². The van der Waals surface area contributed by atoms with Gasteiger partial charge in [0.25, 0.3) is 5.95 Å². The van der Waals surface area contributed by atoms with Gasteiger partial charge in [0.15, 0.2) is 0 Å². The average molecular weight is 304 g/mol. The Kier molecular flexibility index (Phi) is 2.09. The number of nitrogen functional groups attached to an aromatic ring is 2. The van der Waals surface area contributed by atoms with Gasteiger partial charge in [0.2, 0.25) is 16.9 Å². The van der Waals surface area contributed by atoms with E-state index in [2.05, 4.69) is 25.3 Å². The summed E-state index contributed by atoms with van der Waals surface area (Å²) in [4.78, 5) is 10.1. The summed E-state index contributed by atoms with van der Waals surface area (Å²) in [6.07, 6.45) is -0.0598. The molecule has 0 saturated carbocycles. The van der Waals surface area contributed by atoms with Gasteiger partial charge in [0, 0.05) is 0 Å². The van der Waals surface area contributed by atoms with Crippen molar-refractivity contribution in [2.45, 2.75) is 5.03 Å². The summed E-state index contributed by atoms with van der Waals surface area (Å²) in [6, 6.07) is 0. The number of hydrogen-bond acceptors (Lipinski definition) is 7. The highest BCUT2D eigenvalue weighted by Gasteiger charge is 2.68. The maximum absolute atomic E-state index is 12.4. The van der Waals surface area contributed by atoms with E-state index < -0.39 is 33.1 Å². The number of rotatable bonds is 2. The molecule has 0 bridgehead atoms. The van der Waals surface area contributed by atoms with Crippen molar-refractivity contribution < 1.29 is 19.4 Å². The molecule has 4 N–H and O–H groups in total. The molecule has 0 unspecified atom stereocenters. The molecule has 0 radical (unpaired) electrons. The molecule has 0 aliphatic carbocycles. The molecule has 0 aromatic carbocycles. The Morgan fingerprint density at radius 3 is 1.89 bits per heavy atom. The first-order chi connectivity index (χ1) is 8.35. The first-order valence-electron chi connectivity index (χ1n) is 4.29. The molecule has 0 aliphatic heterocycles. The van der Waals surface area contributed by atoms with Crippen molar-refractivity contribution in [2.75, 3.05) is 11.5 Å². The van der Waals surface area contributed by atoms with E-state index in [-0.39, 0.29) is 10.9 Å². The van der Waals surface area contributed by atoms with Crippen LogP contribution in [0.1, 0.15) is 0 Å². The molecule has 8 nitrogen and oxygen atoms in total. The van der Waals surface area contributed by atoms with Crippen LogP contribution >= 0.6 is 10.2 Å². The molecular formula is C5H5F5N8S. The van der Waals surface area contributed by atoms with Crippen LogP contribution in [0.5, 0.6) is 0 Å². The third kappa shape index (κ3) is 2.78. The lowest BCUT2D eigenvalue weighted by Crippen LogP contribution is -2.09. The molecule has 0 atom stereocenters. The zero-order valence-electron chi connectivity index (χ0n) is 8.71. The summed E-state index contributed by atoms with van der Waals surface area (Å²) in [6.45, 7) is 0. The Balaban J connectivity index is 2.54. The van der Waals surface area contributed by atoms with Crippen molar-refractivity contribution in [3.8, 4) is 5.95 Å². The van der Waals surface area contributed by atoms with E-state index in [1.165, 1.54) is 0 Å². The lowest BCUT2D eigenvalue weighted by atomic mass is 10.8. The van der Waals surface area contributed by atoms with Crippen molar-refractivity contribution in [2.24, 2.45) is 0 Å². The van der Waals surface area contributed by atoms with Crippen molar-refractivity contribution >= 4 is 22.1 Å². The zero-order chi connectivity index (χ0) is 14.5. The van der Waals surface area contributed by atoms with Gasteiger partial charge >= 0.3 is 10.2 Å². The normalized spacial score (nSPS) is 15.8. The van der Waals surface area contributed by atoms with Crippen LogP contribution < -0.4 is 11.5 Å². The van der Waals surface area contributed by atoms with Crippen molar-refractivity contribution in [1.82, 2.24) is 29.9 Å². The molecule has 2 heterocycles. The molecule has 2 aromatic heterocycles. The number of nitrogens with two attached hydrogens (primary N) is 2. The summed E-state index contributed by atoms with van der Waals surface area (Å²) in [7, 11) is -9.91. The third-order valence-corrected chi connectivity index (χ3v) is 2.71. The molecule has 14 heteroatoms. The fraction of sp³-hybridized carbons (Fsp3) is 0. The molecule has 0 spiro atoms. The predicted molar refractivity (Wildman–Crippen MR) is 55.0 cm³/mol. The molecule has 0 amide bonds. The second kappa shape index (κ2) is 3.01. The maximum atomic E-state index is 12.4. The van der Waals surface area contributed by atoms with Crippen LogP contribution in [-0.2, 0) is 0 Å². The number of hydrogen-bond donors (Lipinski definition) is 2. The Morgan fingerprint density at radius 2 is 1.47 bits per heavy atom. The largest absolute Gasteiger partial charge is 0.368 e. The van der Waals surface area contributed by atoms with Crippen LogP contribution in [0.2, 0.25) is 0 Å². The van der Waals surface area contributed by atoms with Gasteiger partial charge < -0.3 is 11.5 Å². The van der Waals surface area contributed by atoms with Crippen LogP contribution in [0.4, 0.5) is 31.3 Å². The van der Waals surface area contributed by atoms with Crippen LogP contribution in [0.3, 0.4) is 0 Å².